The Hall–Kier alpha value is -0.290. The second-order valence-electron chi connectivity index (χ2n) is 2.12. The van der Waals surface area contributed by atoms with Gasteiger partial charge in [0.2, 0.25) is 0 Å². The van der Waals surface area contributed by atoms with Crippen LogP contribution in [0.2, 0.25) is 0 Å². The molecule has 0 saturated heterocycles. The summed E-state index contributed by atoms with van der Waals surface area (Å²) in [4.78, 5) is 0. The van der Waals surface area contributed by atoms with E-state index in [1.54, 1.807) is 0 Å². The Balaban J connectivity index is 3.02. The van der Waals surface area contributed by atoms with Crippen LogP contribution < -0.4 is 5.73 Å². The van der Waals surface area contributed by atoms with Crippen molar-refractivity contribution in [2.45, 2.75) is 19.0 Å². The zero-order valence-corrected chi connectivity index (χ0v) is 6.16. The third-order valence-electron chi connectivity index (χ3n) is 1.02. The van der Waals surface area contributed by atoms with Gasteiger partial charge in [-0.3, -0.25) is 0 Å². The van der Waals surface area contributed by atoms with Gasteiger partial charge in [-0.25, -0.2) is 0 Å². The van der Waals surface area contributed by atoms with Gasteiger partial charge in [0, 0.05) is 6.61 Å². The average molecular weight is 171 g/mol. The van der Waals surface area contributed by atoms with Gasteiger partial charge in [-0.2, -0.15) is 13.2 Å². The zero-order valence-electron chi connectivity index (χ0n) is 6.16. The number of alkyl halides is 3. The van der Waals surface area contributed by atoms with Gasteiger partial charge in [-0.1, -0.05) is 0 Å². The fraction of sp³-hybridized carbons (Fsp3) is 1.00. The van der Waals surface area contributed by atoms with Gasteiger partial charge in [-0.15, -0.1) is 0 Å². The number of halogens is 3. The summed E-state index contributed by atoms with van der Waals surface area (Å²) in [6, 6.07) is 0. The van der Waals surface area contributed by atoms with E-state index in [1.165, 1.54) is 0 Å². The van der Waals surface area contributed by atoms with E-state index in [9.17, 15) is 13.2 Å². The molecule has 0 aliphatic heterocycles. The molecule has 0 spiro atoms. The molecule has 5 heteroatoms. The molecule has 0 bridgehead atoms. The van der Waals surface area contributed by atoms with Gasteiger partial charge in [0.05, 0.1) is 13.0 Å². The lowest BCUT2D eigenvalue weighted by atomic mass is 10.4. The van der Waals surface area contributed by atoms with Crippen molar-refractivity contribution in [1.82, 2.24) is 0 Å². The van der Waals surface area contributed by atoms with Gasteiger partial charge in [0.15, 0.2) is 0 Å². The maximum Gasteiger partial charge on any atom is 0.391 e. The maximum atomic E-state index is 11.5. The summed E-state index contributed by atoms with van der Waals surface area (Å²) in [5.74, 6) is 0. The van der Waals surface area contributed by atoms with Crippen LogP contribution in [0.5, 0.6) is 0 Å². The van der Waals surface area contributed by atoms with E-state index in [2.05, 4.69) is 4.74 Å². The van der Waals surface area contributed by atoms with Crippen molar-refractivity contribution < 1.29 is 17.9 Å². The minimum Gasteiger partial charge on any atom is -0.381 e. The molecule has 2 N–H and O–H groups in total. The van der Waals surface area contributed by atoms with Crippen LogP contribution in [0.4, 0.5) is 13.2 Å². The topological polar surface area (TPSA) is 35.2 Å². The molecular weight excluding hydrogens is 159 g/mol. The van der Waals surface area contributed by atoms with E-state index in [4.69, 9.17) is 5.73 Å². The molecule has 0 amide bonds. The summed E-state index contributed by atoms with van der Waals surface area (Å²) in [7, 11) is 0. The van der Waals surface area contributed by atoms with Crippen LogP contribution in [-0.4, -0.2) is 25.9 Å². The lowest BCUT2D eigenvalue weighted by molar-refractivity contribution is -0.145. The fourth-order valence-corrected chi connectivity index (χ4v) is 0.475. The predicted octanol–water partition coefficient (Wildman–Crippen LogP) is 1.30. The first kappa shape index (κ1) is 10.7. The number of hydrogen-bond donors (Lipinski definition) is 1. The minimum atomic E-state index is -4.11. The first-order valence-electron chi connectivity index (χ1n) is 3.41. The molecule has 0 aromatic rings. The van der Waals surface area contributed by atoms with Gasteiger partial charge < -0.3 is 10.5 Å². The molecule has 2 nitrogen and oxygen atoms in total. The van der Waals surface area contributed by atoms with Crippen molar-refractivity contribution >= 4 is 0 Å². The fourth-order valence-electron chi connectivity index (χ4n) is 0.475. The van der Waals surface area contributed by atoms with Gasteiger partial charge >= 0.3 is 6.18 Å². The maximum absolute atomic E-state index is 11.5. The minimum absolute atomic E-state index is 0.260. The molecule has 0 aliphatic rings. The molecule has 0 fully saturated rings. The highest BCUT2D eigenvalue weighted by atomic mass is 19.4. The largest absolute Gasteiger partial charge is 0.391 e. The van der Waals surface area contributed by atoms with E-state index in [0.717, 1.165) is 0 Å². The van der Waals surface area contributed by atoms with Crippen LogP contribution >= 0.6 is 0 Å². The average Bonchev–Trinajstić information content (AvgIpc) is 1.85. The molecule has 0 aliphatic carbocycles. The second kappa shape index (κ2) is 5.37. The van der Waals surface area contributed by atoms with E-state index in [0.29, 0.717) is 19.6 Å². The predicted molar refractivity (Wildman–Crippen MR) is 35.2 cm³/mol. The van der Waals surface area contributed by atoms with Crippen molar-refractivity contribution in [3.63, 3.8) is 0 Å². The third-order valence-corrected chi connectivity index (χ3v) is 1.02. The summed E-state index contributed by atoms with van der Waals surface area (Å²) in [6.07, 6.45) is -4.38. The van der Waals surface area contributed by atoms with E-state index in [1.807, 2.05) is 0 Å². The Kier molecular flexibility index (Phi) is 5.23. The summed E-state index contributed by atoms with van der Waals surface area (Å²) in [5, 5.41) is 0. The van der Waals surface area contributed by atoms with Crippen LogP contribution in [0.3, 0.4) is 0 Å². The number of rotatable bonds is 5. The Morgan fingerprint density at radius 1 is 1.18 bits per heavy atom. The molecular formula is C6H12F3NO. The Morgan fingerprint density at radius 3 is 2.27 bits per heavy atom. The van der Waals surface area contributed by atoms with Crippen molar-refractivity contribution in [3.05, 3.63) is 0 Å². The van der Waals surface area contributed by atoms with E-state index in [-0.39, 0.29) is 6.61 Å². The molecule has 68 valence electrons. The Labute approximate surface area is 63.5 Å². The summed E-state index contributed by atoms with van der Waals surface area (Å²) in [6.45, 7) is 0.502. The monoisotopic (exact) mass is 171 g/mol. The van der Waals surface area contributed by atoms with Crippen LogP contribution in [0.25, 0.3) is 0 Å². The highest BCUT2D eigenvalue weighted by Crippen LogP contribution is 2.18. The van der Waals surface area contributed by atoms with Gasteiger partial charge in [0.1, 0.15) is 0 Å². The number of ether oxygens (including phenoxy) is 1. The van der Waals surface area contributed by atoms with Crippen molar-refractivity contribution in [3.8, 4) is 0 Å². The highest BCUT2D eigenvalue weighted by Gasteiger charge is 2.26. The summed E-state index contributed by atoms with van der Waals surface area (Å²) < 4.78 is 39.0. The SMILES string of the molecule is NCCCOCCC(F)(F)F. The number of nitrogens with two attached hydrogens (primary N) is 1. The molecule has 0 unspecified atom stereocenters. The Bertz CT molecular complexity index is 94.3. The molecule has 0 rings (SSSR count). The zero-order chi connectivity index (χ0) is 8.74. The van der Waals surface area contributed by atoms with Crippen LogP contribution in [0, 0.1) is 0 Å². The van der Waals surface area contributed by atoms with Gasteiger partial charge in [-0.05, 0) is 13.0 Å². The van der Waals surface area contributed by atoms with E-state index >= 15 is 0 Å². The molecule has 0 saturated carbocycles. The Morgan fingerprint density at radius 2 is 1.82 bits per heavy atom. The van der Waals surface area contributed by atoms with Crippen molar-refractivity contribution in [2.24, 2.45) is 5.73 Å². The summed E-state index contributed by atoms with van der Waals surface area (Å²) in [5.41, 5.74) is 5.09. The van der Waals surface area contributed by atoms with E-state index < -0.39 is 12.6 Å². The first-order chi connectivity index (χ1) is 5.06. The van der Waals surface area contributed by atoms with Crippen LogP contribution in [0.1, 0.15) is 12.8 Å². The van der Waals surface area contributed by atoms with Crippen LogP contribution in [0.15, 0.2) is 0 Å². The lowest BCUT2D eigenvalue weighted by Crippen LogP contribution is -2.13. The van der Waals surface area contributed by atoms with Crippen molar-refractivity contribution in [1.29, 1.82) is 0 Å². The molecule has 0 aromatic heterocycles. The molecule has 0 heterocycles. The highest BCUT2D eigenvalue weighted by molar-refractivity contribution is 4.48. The standard InChI is InChI=1S/C6H12F3NO/c7-6(8,9)2-5-11-4-1-3-10/h1-5,10H2. The second-order valence-corrected chi connectivity index (χ2v) is 2.12. The lowest BCUT2D eigenvalue weighted by Gasteiger charge is -2.05. The molecule has 0 aromatic carbocycles. The normalized spacial score (nSPS) is 12.0. The third kappa shape index (κ3) is 9.71. The molecule has 0 atom stereocenters. The van der Waals surface area contributed by atoms with Gasteiger partial charge in [0.25, 0.3) is 0 Å². The molecule has 0 radical (unpaired) electrons. The number of hydrogen-bond acceptors (Lipinski definition) is 2. The first-order valence-corrected chi connectivity index (χ1v) is 3.41. The summed E-state index contributed by atoms with van der Waals surface area (Å²) >= 11 is 0. The van der Waals surface area contributed by atoms with Crippen molar-refractivity contribution in [2.75, 3.05) is 19.8 Å². The molecule has 11 heavy (non-hydrogen) atoms. The quantitative estimate of drug-likeness (QED) is 0.633. The smallest absolute Gasteiger partial charge is 0.381 e. The van der Waals surface area contributed by atoms with Crippen LogP contribution in [-0.2, 0) is 4.74 Å².